The molecule has 0 saturated carbocycles. The standard InChI is InChI=1S/C25H31N3O3/c1-25(2,3)18-23(29)28(15-13-19-9-6-5-7-10-19)16-14-22-26-24(27-31-22)20-11-8-12-21(17-20)30-4/h5-12,17H,13-16,18H2,1-4H3. The van der Waals surface area contributed by atoms with Crippen LogP contribution in [0.5, 0.6) is 5.75 Å². The van der Waals surface area contributed by atoms with Crippen molar-refractivity contribution in [2.24, 2.45) is 5.41 Å². The normalized spacial score (nSPS) is 11.4. The lowest BCUT2D eigenvalue weighted by molar-refractivity contribution is -0.133. The first kappa shape index (κ1) is 22.5. The van der Waals surface area contributed by atoms with Gasteiger partial charge in [0.25, 0.3) is 0 Å². The SMILES string of the molecule is COc1cccc(-c2noc(CCN(CCc3ccccc3)C(=O)CC(C)(C)C)n2)c1. The van der Waals surface area contributed by atoms with Crippen LogP contribution in [0, 0.1) is 5.41 Å². The van der Waals surface area contributed by atoms with Crippen molar-refractivity contribution in [1.29, 1.82) is 0 Å². The number of nitrogens with zero attached hydrogens (tertiary/aromatic N) is 3. The third-order valence-corrected chi connectivity index (χ3v) is 4.94. The maximum absolute atomic E-state index is 12.9. The molecular formula is C25H31N3O3. The Morgan fingerprint density at radius 3 is 2.48 bits per heavy atom. The smallest absolute Gasteiger partial charge is 0.228 e. The van der Waals surface area contributed by atoms with E-state index in [2.05, 4.69) is 43.0 Å². The van der Waals surface area contributed by atoms with Crippen molar-refractivity contribution in [2.75, 3.05) is 20.2 Å². The van der Waals surface area contributed by atoms with Gasteiger partial charge in [-0.05, 0) is 29.5 Å². The Morgan fingerprint density at radius 1 is 1.03 bits per heavy atom. The van der Waals surface area contributed by atoms with Crippen molar-refractivity contribution >= 4 is 5.91 Å². The number of hydrogen-bond donors (Lipinski definition) is 0. The summed E-state index contributed by atoms with van der Waals surface area (Å²) < 4.78 is 10.7. The Hall–Kier alpha value is -3.15. The molecular weight excluding hydrogens is 390 g/mol. The highest BCUT2D eigenvalue weighted by Crippen LogP contribution is 2.22. The average Bonchev–Trinajstić information content (AvgIpc) is 3.22. The van der Waals surface area contributed by atoms with Gasteiger partial charge in [-0.1, -0.05) is 68.4 Å². The van der Waals surface area contributed by atoms with Gasteiger partial charge >= 0.3 is 0 Å². The van der Waals surface area contributed by atoms with E-state index in [0.29, 0.717) is 37.6 Å². The van der Waals surface area contributed by atoms with Gasteiger partial charge in [-0.15, -0.1) is 0 Å². The Balaban J connectivity index is 1.66. The molecule has 0 saturated heterocycles. The molecule has 1 aromatic heterocycles. The van der Waals surface area contributed by atoms with Crippen molar-refractivity contribution < 1.29 is 14.1 Å². The molecule has 0 radical (unpaired) electrons. The number of aromatic nitrogens is 2. The Labute approximate surface area is 184 Å². The molecule has 1 amide bonds. The summed E-state index contributed by atoms with van der Waals surface area (Å²) in [6.07, 6.45) is 1.83. The van der Waals surface area contributed by atoms with Crippen LogP contribution >= 0.6 is 0 Å². The van der Waals surface area contributed by atoms with E-state index in [9.17, 15) is 4.79 Å². The van der Waals surface area contributed by atoms with Crippen LogP contribution in [0.15, 0.2) is 59.1 Å². The molecule has 3 rings (SSSR count). The van der Waals surface area contributed by atoms with Crippen LogP contribution in [0.4, 0.5) is 0 Å². The van der Waals surface area contributed by atoms with Gasteiger partial charge in [-0.25, -0.2) is 0 Å². The molecule has 164 valence electrons. The second-order valence-electron chi connectivity index (χ2n) is 8.85. The molecule has 0 unspecified atom stereocenters. The monoisotopic (exact) mass is 421 g/mol. The molecule has 0 atom stereocenters. The fourth-order valence-electron chi connectivity index (χ4n) is 3.30. The van der Waals surface area contributed by atoms with Gasteiger partial charge in [0.05, 0.1) is 7.11 Å². The molecule has 6 heteroatoms. The van der Waals surface area contributed by atoms with Gasteiger partial charge in [0.2, 0.25) is 17.6 Å². The lowest BCUT2D eigenvalue weighted by Crippen LogP contribution is -2.36. The molecule has 0 aliphatic rings. The van der Waals surface area contributed by atoms with Crippen LogP contribution in [0.2, 0.25) is 0 Å². The van der Waals surface area contributed by atoms with E-state index in [-0.39, 0.29) is 11.3 Å². The number of benzene rings is 2. The second kappa shape index (κ2) is 10.2. The van der Waals surface area contributed by atoms with Crippen LogP contribution < -0.4 is 4.74 Å². The van der Waals surface area contributed by atoms with Crippen LogP contribution in [0.3, 0.4) is 0 Å². The predicted molar refractivity (Wildman–Crippen MR) is 121 cm³/mol. The van der Waals surface area contributed by atoms with Crippen molar-refractivity contribution in [1.82, 2.24) is 15.0 Å². The van der Waals surface area contributed by atoms with Gasteiger partial charge in [-0.2, -0.15) is 4.98 Å². The van der Waals surface area contributed by atoms with Gasteiger partial charge in [0, 0.05) is 31.5 Å². The minimum atomic E-state index is -0.0634. The zero-order valence-corrected chi connectivity index (χ0v) is 18.8. The first-order chi connectivity index (χ1) is 14.8. The van der Waals surface area contributed by atoms with E-state index >= 15 is 0 Å². The zero-order valence-electron chi connectivity index (χ0n) is 18.8. The number of carbonyl (C=O) groups excluding carboxylic acids is 1. The molecule has 0 N–H and O–H groups in total. The molecule has 1 heterocycles. The van der Waals surface area contributed by atoms with Crippen molar-refractivity contribution in [3.63, 3.8) is 0 Å². The maximum Gasteiger partial charge on any atom is 0.228 e. The van der Waals surface area contributed by atoms with Crippen molar-refractivity contribution in [3.8, 4) is 17.1 Å². The first-order valence-electron chi connectivity index (χ1n) is 10.6. The fraction of sp³-hybridized carbons (Fsp3) is 0.400. The van der Waals surface area contributed by atoms with Crippen LogP contribution in [0.1, 0.15) is 38.6 Å². The number of ether oxygens (including phenoxy) is 1. The van der Waals surface area contributed by atoms with Gasteiger partial charge in [-0.3, -0.25) is 4.79 Å². The van der Waals surface area contributed by atoms with E-state index in [4.69, 9.17) is 9.26 Å². The van der Waals surface area contributed by atoms with Crippen LogP contribution in [0.25, 0.3) is 11.4 Å². The highest BCUT2D eigenvalue weighted by Gasteiger charge is 2.22. The molecule has 0 spiro atoms. The van der Waals surface area contributed by atoms with E-state index in [1.54, 1.807) is 7.11 Å². The van der Waals surface area contributed by atoms with E-state index in [1.807, 2.05) is 47.4 Å². The summed E-state index contributed by atoms with van der Waals surface area (Å²) in [5.41, 5.74) is 1.99. The Kier molecular flexibility index (Phi) is 7.45. The summed E-state index contributed by atoms with van der Waals surface area (Å²) in [6, 6.07) is 17.8. The first-order valence-corrected chi connectivity index (χ1v) is 10.6. The minimum absolute atomic E-state index is 0.0634. The minimum Gasteiger partial charge on any atom is -0.497 e. The summed E-state index contributed by atoms with van der Waals surface area (Å²) in [6.45, 7) is 7.45. The van der Waals surface area contributed by atoms with Crippen LogP contribution in [-0.4, -0.2) is 41.1 Å². The summed E-state index contributed by atoms with van der Waals surface area (Å²) in [7, 11) is 1.62. The summed E-state index contributed by atoms with van der Waals surface area (Å²) in [4.78, 5) is 19.4. The quantitative estimate of drug-likeness (QED) is 0.497. The average molecular weight is 422 g/mol. The van der Waals surface area contributed by atoms with Crippen molar-refractivity contribution in [2.45, 2.75) is 40.0 Å². The molecule has 0 aliphatic carbocycles. The number of rotatable bonds is 9. The lowest BCUT2D eigenvalue weighted by Gasteiger charge is -2.26. The van der Waals surface area contributed by atoms with E-state index in [1.165, 1.54) is 5.56 Å². The number of methoxy groups -OCH3 is 1. The highest BCUT2D eigenvalue weighted by molar-refractivity contribution is 5.76. The van der Waals surface area contributed by atoms with Gasteiger partial charge in [0.1, 0.15) is 5.75 Å². The van der Waals surface area contributed by atoms with Crippen molar-refractivity contribution in [3.05, 3.63) is 66.1 Å². The van der Waals surface area contributed by atoms with Gasteiger partial charge < -0.3 is 14.2 Å². The fourth-order valence-corrected chi connectivity index (χ4v) is 3.30. The van der Waals surface area contributed by atoms with Crippen LogP contribution in [-0.2, 0) is 17.6 Å². The lowest BCUT2D eigenvalue weighted by atomic mass is 9.91. The second-order valence-corrected chi connectivity index (χ2v) is 8.85. The highest BCUT2D eigenvalue weighted by atomic mass is 16.5. The maximum atomic E-state index is 12.9. The Morgan fingerprint density at radius 2 is 1.77 bits per heavy atom. The van der Waals surface area contributed by atoms with Gasteiger partial charge in [0.15, 0.2) is 0 Å². The summed E-state index contributed by atoms with van der Waals surface area (Å²) in [5, 5.41) is 4.09. The molecule has 6 nitrogen and oxygen atoms in total. The Bertz CT molecular complexity index is 977. The molecule has 0 bridgehead atoms. The largest absolute Gasteiger partial charge is 0.497 e. The zero-order chi connectivity index (χ0) is 22.3. The number of carbonyl (C=O) groups is 1. The third-order valence-electron chi connectivity index (χ3n) is 4.94. The summed E-state index contributed by atoms with van der Waals surface area (Å²) >= 11 is 0. The third kappa shape index (κ3) is 6.95. The number of amides is 1. The molecule has 2 aromatic carbocycles. The summed E-state index contributed by atoms with van der Waals surface area (Å²) in [5.74, 6) is 1.93. The topological polar surface area (TPSA) is 68.5 Å². The van der Waals surface area contributed by atoms with E-state index in [0.717, 1.165) is 17.7 Å². The predicted octanol–water partition coefficient (Wildman–Crippen LogP) is 4.80. The molecule has 0 aliphatic heterocycles. The van der Waals surface area contributed by atoms with E-state index < -0.39 is 0 Å². The number of hydrogen-bond acceptors (Lipinski definition) is 5. The molecule has 31 heavy (non-hydrogen) atoms. The molecule has 3 aromatic rings. The molecule has 0 fully saturated rings.